The van der Waals surface area contributed by atoms with Gasteiger partial charge in [-0.05, 0) is 19.1 Å². The molecule has 0 heterocycles. The molecule has 1 aromatic carbocycles. The number of anilines is 1. The molecule has 0 fully saturated rings. The van der Waals surface area contributed by atoms with Crippen LogP contribution in [-0.4, -0.2) is 6.54 Å². The van der Waals surface area contributed by atoms with Crippen LogP contribution in [0.5, 0.6) is 0 Å². The Bertz CT molecular complexity index is 337. The number of hydrogen-bond donors (Lipinski definition) is 1. The van der Waals surface area contributed by atoms with Gasteiger partial charge >= 0.3 is 0 Å². The largest absolute Gasteiger partial charge is 0.379 e. The fourth-order valence-electron chi connectivity index (χ4n) is 0.950. The minimum absolute atomic E-state index is 0.517. The van der Waals surface area contributed by atoms with Crippen molar-refractivity contribution in [3.8, 4) is 0 Å². The van der Waals surface area contributed by atoms with E-state index < -0.39 is 0 Å². The van der Waals surface area contributed by atoms with Crippen LogP contribution in [0.2, 0.25) is 15.1 Å². The lowest BCUT2D eigenvalue weighted by atomic mass is 10.3. The van der Waals surface area contributed by atoms with Crippen LogP contribution in [0.3, 0.4) is 0 Å². The Labute approximate surface area is 98.7 Å². The van der Waals surface area contributed by atoms with Gasteiger partial charge in [0.25, 0.3) is 0 Å². The van der Waals surface area contributed by atoms with Gasteiger partial charge in [-0.25, -0.2) is 0 Å². The van der Waals surface area contributed by atoms with E-state index in [-0.39, 0.29) is 0 Å². The molecule has 0 aliphatic carbocycles. The fraction of sp³-hybridized carbons (Fsp3) is 0.200. The van der Waals surface area contributed by atoms with E-state index in [4.69, 9.17) is 34.8 Å². The van der Waals surface area contributed by atoms with Crippen molar-refractivity contribution in [2.45, 2.75) is 6.92 Å². The molecule has 0 radical (unpaired) electrons. The average Bonchev–Trinajstić information content (AvgIpc) is 2.01. The van der Waals surface area contributed by atoms with E-state index in [0.717, 1.165) is 5.57 Å². The molecule has 0 saturated heterocycles. The standard InChI is InChI=1S/C10H10Cl3N/c1-6(2)5-14-10-8(12)3-7(11)4-9(10)13/h3-4,14H,1,5H2,2H3. The summed E-state index contributed by atoms with van der Waals surface area (Å²) in [5.74, 6) is 0. The van der Waals surface area contributed by atoms with E-state index in [0.29, 0.717) is 27.3 Å². The molecule has 1 rings (SSSR count). The van der Waals surface area contributed by atoms with Crippen LogP contribution < -0.4 is 5.32 Å². The monoisotopic (exact) mass is 249 g/mol. The number of hydrogen-bond acceptors (Lipinski definition) is 1. The van der Waals surface area contributed by atoms with E-state index in [1.165, 1.54) is 0 Å². The number of rotatable bonds is 3. The van der Waals surface area contributed by atoms with Crippen molar-refractivity contribution in [3.05, 3.63) is 39.4 Å². The van der Waals surface area contributed by atoms with Crippen LogP contribution in [0.4, 0.5) is 5.69 Å². The molecular formula is C10H10Cl3N. The zero-order valence-electron chi connectivity index (χ0n) is 7.70. The van der Waals surface area contributed by atoms with Crippen molar-refractivity contribution in [2.75, 3.05) is 11.9 Å². The number of benzene rings is 1. The second-order valence-electron chi connectivity index (χ2n) is 3.06. The first-order valence-corrected chi connectivity index (χ1v) is 5.17. The molecule has 76 valence electrons. The molecule has 1 nitrogen and oxygen atoms in total. The average molecular weight is 251 g/mol. The minimum atomic E-state index is 0.517. The Balaban J connectivity index is 2.91. The lowest BCUT2D eigenvalue weighted by Crippen LogP contribution is -2.02. The highest BCUT2D eigenvalue weighted by Gasteiger charge is 2.06. The minimum Gasteiger partial charge on any atom is -0.379 e. The van der Waals surface area contributed by atoms with E-state index in [1.807, 2.05) is 6.92 Å². The molecule has 0 atom stereocenters. The van der Waals surface area contributed by atoms with Gasteiger partial charge in [0.2, 0.25) is 0 Å². The van der Waals surface area contributed by atoms with E-state index in [9.17, 15) is 0 Å². The van der Waals surface area contributed by atoms with Gasteiger partial charge in [-0.15, -0.1) is 0 Å². The smallest absolute Gasteiger partial charge is 0.0722 e. The van der Waals surface area contributed by atoms with E-state index in [1.54, 1.807) is 12.1 Å². The Morgan fingerprint density at radius 3 is 2.21 bits per heavy atom. The van der Waals surface area contributed by atoms with Crippen molar-refractivity contribution >= 4 is 40.5 Å². The highest BCUT2D eigenvalue weighted by molar-refractivity contribution is 6.41. The lowest BCUT2D eigenvalue weighted by molar-refractivity contribution is 1.22. The summed E-state index contributed by atoms with van der Waals surface area (Å²) < 4.78 is 0. The molecule has 0 saturated carbocycles. The zero-order valence-corrected chi connectivity index (χ0v) is 9.97. The lowest BCUT2D eigenvalue weighted by Gasteiger charge is -2.10. The Morgan fingerprint density at radius 2 is 1.79 bits per heavy atom. The van der Waals surface area contributed by atoms with Crippen LogP contribution in [0.25, 0.3) is 0 Å². The quantitative estimate of drug-likeness (QED) is 0.771. The molecule has 0 aliphatic rings. The molecular weight excluding hydrogens is 240 g/mol. The van der Waals surface area contributed by atoms with Gasteiger partial charge in [0, 0.05) is 11.6 Å². The molecule has 0 spiro atoms. The van der Waals surface area contributed by atoms with Gasteiger partial charge in [-0.3, -0.25) is 0 Å². The summed E-state index contributed by atoms with van der Waals surface area (Å²) in [6, 6.07) is 3.30. The maximum Gasteiger partial charge on any atom is 0.0722 e. The first-order chi connectivity index (χ1) is 6.50. The van der Waals surface area contributed by atoms with E-state index >= 15 is 0 Å². The first-order valence-electron chi connectivity index (χ1n) is 4.03. The van der Waals surface area contributed by atoms with Crippen molar-refractivity contribution in [3.63, 3.8) is 0 Å². The predicted molar refractivity (Wildman–Crippen MR) is 64.8 cm³/mol. The molecule has 0 amide bonds. The summed E-state index contributed by atoms with van der Waals surface area (Å²) in [5.41, 5.74) is 1.70. The number of nitrogens with one attached hydrogen (secondary N) is 1. The van der Waals surface area contributed by atoms with Crippen LogP contribution >= 0.6 is 34.8 Å². The maximum atomic E-state index is 5.96. The SMILES string of the molecule is C=C(C)CNc1c(Cl)cc(Cl)cc1Cl. The third-order valence-corrected chi connectivity index (χ3v) is 2.39. The fourth-order valence-corrected chi connectivity index (χ4v) is 1.90. The normalized spacial score (nSPS) is 10.0. The molecule has 0 bridgehead atoms. The Kier molecular flexibility index (Phi) is 4.11. The second-order valence-corrected chi connectivity index (χ2v) is 4.31. The maximum absolute atomic E-state index is 5.96. The van der Waals surface area contributed by atoms with Gasteiger partial charge in [0.15, 0.2) is 0 Å². The topological polar surface area (TPSA) is 12.0 Å². The summed E-state index contributed by atoms with van der Waals surface area (Å²) in [6.45, 7) is 6.33. The molecule has 14 heavy (non-hydrogen) atoms. The van der Waals surface area contributed by atoms with Crippen molar-refractivity contribution in [2.24, 2.45) is 0 Å². The molecule has 0 unspecified atom stereocenters. The van der Waals surface area contributed by atoms with Gasteiger partial charge < -0.3 is 5.32 Å². The van der Waals surface area contributed by atoms with E-state index in [2.05, 4.69) is 11.9 Å². The van der Waals surface area contributed by atoms with Crippen LogP contribution in [0.15, 0.2) is 24.3 Å². The zero-order chi connectivity index (χ0) is 10.7. The highest BCUT2D eigenvalue weighted by atomic mass is 35.5. The summed E-state index contributed by atoms with van der Waals surface area (Å²) in [5, 5.41) is 4.65. The van der Waals surface area contributed by atoms with Gasteiger partial charge in [-0.1, -0.05) is 47.0 Å². The van der Waals surface area contributed by atoms with Gasteiger partial charge in [0.1, 0.15) is 0 Å². The molecule has 0 aliphatic heterocycles. The van der Waals surface area contributed by atoms with Crippen molar-refractivity contribution in [1.29, 1.82) is 0 Å². The third-order valence-electron chi connectivity index (χ3n) is 1.57. The Morgan fingerprint density at radius 1 is 1.29 bits per heavy atom. The van der Waals surface area contributed by atoms with Gasteiger partial charge in [0.05, 0.1) is 15.7 Å². The van der Waals surface area contributed by atoms with Crippen molar-refractivity contribution in [1.82, 2.24) is 0 Å². The second kappa shape index (κ2) is 4.92. The predicted octanol–water partition coefficient (Wildman–Crippen LogP) is 4.63. The van der Waals surface area contributed by atoms with Crippen LogP contribution in [0.1, 0.15) is 6.92 Å². The molecule has 1 aromatic rings. The Hall–Kier alpha value is -0.370. The number of halogens is 3. The summed E-state index contributed by atoms with van der Waals surface area (Å²) in [6.07, 6.45) is 0. The summed E-state index contributed by atoms with van der Waals surface area (Å²) >= 11 is 17.7. The third kappa shape index (κ3) is 3.09. The summed E-state index contributed by atoms with van der Waals surface area (Å²) in [7, 11) is 0. The van der Waals surface area contributed by atoms with Crippen LogP contribution in [-0.2, 0) is 0 Å². The summed E-state index contributed by atoms with van der Waals surface area (Å²) in [4.78, 5) is 0. The van der Waals surface area contributed by atoms with Crippen molar-refractivity contribution < 1.29 is 0 Å². The van der Waals surface area contributed by atoms with Gasteiger partial charge in [-0.2, -0.15) is 0 Å². The van der Waals surface area contributed by atoms with Crippen LogP contribution in [0, 0.1) is 0 Å². The molecule has 1 N–H and O–H groups in total. The highest BCUT2D eigenvalue weighted by Crippen LogP contribution is 2.33. The molecule has 0 aromatic heterocycles. The molecule has 4 heteroatoms. The first kappa shape index (κ1) is 11.7.